The molecule has 0 spiro atoms. The van der Waals surface area contributed by atoms with E-state index in [0.717, 1.165) is 13.0 Å². The molecular weight excluding hydrogens is 196 g/mol. The zero-order valence-corrected chi connectivity index (χ0v) is 10.9. The van der Waals surface area contributed by atoms with E-state index in [-0.39, 0.29) is 6.04 Å². The SMILES string of the molecule is CC[C@@H](N)c1ccccc1N(CC)C(C)C. The molecule has 0 fully saturated rings. The quantitative estimate of drug-likeness (QED) is 0.824. The van der Waals surface area contributed by atoms with E-state index in [4.69, 9.17) is 5.73 Å². The standard InChI is InChI=1S/C14H24N2/c1-5-13(15)12-9-7-8-10-14(12)16(6-2)11(3)4/h7-11,13H,5-6,15H2,1-4H3/t13-/m1/s1. The molecule has 0 aliphatic carbocycles. The molecule has 1 aromatic rings. The van der Waals surface area contributed by atoms with E-state index in [1.807, 2.05) is 0 Å². The molecule has 1 atom stereocenters. The van der Waals surface area contributed by atoms with Crippen molar-refractivity contribution in [2.45, 2.75) is 46.2 Å². The molecule has 0 aromatic heterocycles. The van der Waals surface area contributed by atoms with Crippen LogP contribution in [0.25, 0.3) is 0 Å². The Morgan fingerprint density at radius 3 is 2.31 bits per heavy atom. The molecule has 1 rings (SSSR count). The zero-order valence-electron chi connectivity index (χ0n) is 10.9. The summed E-state index contributed by atoms with van der Waals surface area (Å²) in [6.45, 7) is 9.78. The first-order valence-electron chi connectivity index (χ1n) is 6.22. The Morgan fingerprint density at radius 1 is 1.19 bits per heavy atom. The number of rotatable bonds is 5. The lowest BCUT2D eigenvalue weighted by Crippen LogP contribution is -2.32. The van der Waals surface area contributed by atoms with E-state index >= 15 is 0 Å². The summed E-state index contributed by atoms with van der Waals surface area (Å²) in [4.78, 5) is 2.39. The van der Waals surface area contributed by atoms with Crippen LogP contribution in [0.4, 0.5) is 5.69 Å². The maximum absolute atomic E-state index is 6.16. The molecule has 0 unspecified atom stereocenters. The van der Waals surface area contributed by atoms with E-state index in [1.165, 1.54) is 11.3 Å². The van der Waals surface area contributed by atoms with Crippen molar-refractivity contribution in [3.63, 3.8) is 0 Å². The number of para-hydroxylation sites is 1. The predicted octanol–water partition coefficient (Wildman–Crippen LogP) is 3.33. The van der Waals surface area contributed by atoms with E-state index in [9.17, 15) is 0 Å². The molecular formula is C14H24N2. The van der Waals surface area contributed by atoms with Crippen LogP contribution in [0.15, 0.2) is 24.3 Å². The number of anilines is 1. The van der Waals surface area contributed by atoms with Crippen molar-refractivity contribution in [2.24, 2.45) is 5.73 Å². The van der Waals surface area contributed by atoms with Crippen molar-refractivity contribution in [2.75, 3.05) is 11.4 Å². The van der Waals surface area contributed by atoms with Crippen molar-refractivity contribution < 1.29 is 0 Å². The topological polar surface area (TPSA) is 29.3 Å². The minimum atomic E-state index is 0.143. The van der Waals surface area contributed by atoms with Gasteiger partial charge < -0.3 is 10.6 Å². The van der Waals surface area contributed by atoms with Crippen LogP contribution < -0.4 is 10.6 Å². The lowest BCUT2D eigenvalue weighted by Gasteiger charge is -2.31. The monoisotopic (exact) mass is 220 g/mol. The molecule has 0 bridgehead atoms. The van der Waals surface area contributed by atoms with Gasteiger partial charge in [0.1, 0.15) is 0 Å². The van der Waals surface area contributed by atoms with E-state index in [2.05, 4.69) is 56.9 Å². The minimum absolute atomic E-state index is 0.143. The number of nitrogens with zero attached hydrogens (tertiary/aromatic N) is 1. The van der Waals surface area contributed by atoms with Gasteiger partial charge in [-0.1, -0.05) is 25.1 Å². The van der Waals surface area contributed by atoms with Crippen molar-refractivity contribution in [1.29, 1.82) is 0 Å². The van der Waals surface area contributed by atoms with Crippen LogP contribution in [0.3, 0.4) is 0 Å². The normalized spacial score (nSPS) is 12.9. The van der Waals surface area contributed by atoms with Gasteiger partial charge in [-0.15, -0.1) is 0 Å². The van der Waals surface area contributed by atoms with Crippen LogP contribution in [0.1, 0.15) is 45.7 Å². The summed E-state index contributed by atoms with van der Waals surface area (Å²) in [5.74, 6) is 0. The maximum Gasteiger partial charge on any atom is 0.0416 e. The lowest BCUT2D eigenvalue weighted by atomic mass is 10.0. The number of hydrogen-bond acceptors (Lipinski definition) is 2. The molecule has 2 heteroatoms. The molecule has 0 amide bonds. The average Bonchev–Trinajstić information content (AvgIpc) is 2.29. The maximum atomic E-state index is 6.16. The van der Waals surface area contributed by atoms with Crippen molar-refractivity contribution >= 4 is 5.69 Å². The van der Waals surface area contributed by atoms with Gasteiger partial charge in [-0.2, -0.15) is 0 Å². The Labute approximate surface area is 99.5 Å². The third-order valence-corrected chi connectivity index (χ3v) is 3.05. The van der Waals surface area contributed by atoms with Gasteiger partial charge in [0, 0.05) is 24.3 Å². The Kier molecular flexibility index (Phi) is 4.81. The first-order valence-corrected chi connectivity index (χ1v) is 6.22. The summed E-state index contributed by atoms with van der Waals surface area (Å²) < 4.78 is 0. The largest absolute Gasteiger partial charge is 0.369 e. The van der Waals surface area contributed by atoms with Gasteiger partial charge in [0.05, 0.1) is 0 Å². The third-order valence-electron chi connectivity index (χ3n) is 3.05. The summed E-state index contributed by atoms with van der Waals surface area (Å²) in [6.07, 6.45) is 0.979. The second-order valence-corrected chi connectivity index (χ2v) is 4.45. The average molecular weight is 220 g/mol. The molecule has 0 saturated heterocycles. The highest BCUT2D eigenvalue weighted by molar-refractivity contribution is 5.55. The van der Waals surface area contributed by atoms with Crippen molar-refractivity contribution in [1.82, 2.24) is 0 Å². The predicted molar refractivity (Wildman–Crippen MR) is 71.8 cm³/mol. The zero-order chi connectivity index (χ0) is 12.1. The number of benzene rings is 1. The summed E-state index contributed by atoms with van der Waals surface area (Å²) in [5, 5.41) is 0. The summed E-state index contributed by atoms with van der Waals surface area (Å²) in [6, 6.07) is 9.14. The molecule has 0 saturated carbocycles. The Hall–Kier alpha value is -1.02. The summed E-state index contributed by atoms with van der Waals surface area (Å²) in [5.41, 5.74) is 8.71. The van der Waals surface area contributed by atoms with Crippen molar-refractivity contribution in [3.05, 3.63) is 29.8 Å². The van der Waals surface area contributed by atoms with Gasteiger partial charge in [0.15, 0.2) is 0 Å². The van der Waals surface area contributed by atoms with Gasteiger partial charge in [0.2, 0.25) is 0 Å². The summed E-state index contributed by atoms with van der Waals surface area (Å²) in [7, 11) is 0. The van der Waals surface area contributed by atoms with Crippen LogP contribution in [0, 0.1) is 0 Å². The Bertz CT molecular complexity index is 320. The van der Waals surface area contributed by atoms with Crippen LogP contribution >= 0.6 is 0 Å². The highest BCUT2D eigenvalue weighted by atomic mass is 15.1. The fraction of sp³-hybridized carbons (Fsp3) is 0.571. The van der Waals surface area contributed by atoms with Crippen molar-refractivity contribution in [3.8, 4) is 0 Å². The molecule has 0 aliphatic rings. The van der Waals surface area contributed by atoms with Gasteiger partial charge in [-0.05, 0) is 38.8 Å². The molecule has 0 aliphatic heterocycles. The Morgan fingerprint density at radius 2 is 1.81 bits per heavy atom. The second-order valence-electron chi connectivity index (χ2n) is 4.45. The molecule has 2 N–H and O–H groups in total. The lowest BCUT2D eigenvalue weighted by molar-refractivity contribution is 0.666. The highest BCUT2D eigenvalue weighted by Gasteiger charge is 2.15. The number of nitrogens with two attached hydrogens (primary N) is 1. The van der Waals surface area contributed by atoms with E-state index < -0.39 is 0 Å². The van der Waals surface area contributed by atoms with Gasteiger partial charge >= 0.3 is 0 Å². The van der Waals surface area contributed by atoms with Crippen LogP contribution in [-0.4, -0.2) is 12.6 Å². The molecule has 0 heterocycles. The van der Waals surface area contributed by atoms with Gasteiger partial charge in [0.25, 0.3) is 0 Å². The fourth-order valence-corrected chi connectivity index (χ4v) is 2.10. The van der Waals surface area contributed by atoms with Gasteiger partial charge in [-0.25, -0.2) is 0 Å². The third kappa shape index (κ3) is 2.76. The molecule has 16 heavy (non-hydrogen) atoms. The van der Waals surface area contributed by atoms with E-state index in [1.54, 1.807) is 0 Å². The second kappa shape index (κ2) is 5.90. The molecule has 1 aromatic carbocycles. The van der Waals surface area contributed by atoms with Crippen LogP contribution in [0.5, 0.6) is 0 Å². The fourth-order valence-electron chi connectivity index (χ4n) is 2.10. The summed E-state index contributed by atoms with van der Waals surface area (Å²) >= 11 is 0. The Balaban J connectivity index is 3.11. The molecule has 2 nitrogen and oxygen atoms in total. The first kappa shape index (κ1) is 13.0. The number of hydrogen-bond donors (Lipinski definition) is 1. The molecule has 0 radical (unpaired) electrons. The first-order chi connectivity index (χ1) is 7.61. The smallest absolute Gasteiger partial charge is 0.0416 e. The minimum Gasteiger partial charge on any atom is -0.369 e. The van der Waals surface area contributed by atoms with Gasteiger partial charge in [-0.3, -0.25) is 0 Å². The van der Waals surface area contributed by atoms with E-state index in [0.29, 0.717) is 6.04 Å². The highest BCUT2D eigenvalue weighted by Crippen LogP contribution is 2.27. The van der Waals surface area contributed by atoms with Crippen LogP contribution in [-0.2, 0) is 0 Å². The molecule has 90 valence electrons. The van der Waals surface area contributed by atoms with Crippen LogP contribution in [0.2, 0.25) is 0 Å².